The van der Waals surface area contributed by atoms with Crippen molar-refractivity contribution < 1.29 is 4.79 Å². The molecular weight excluding hydrogens is 354 g/mol. The summed E-state index contributed by atoms with van der Waals surface area (Å²) >= 11 is 0. The molecule has 1 N–H and O–H groups in total. The lowest BCUT2D eigenvalue weighted by molar-refractivity contribution is -0.117. The van der Waals surface area contributed by atoms with Gasteiger partial charge in [-0.1, -0.05) is 122 Å². The number of carbonyl (C=O) groups excluding carboxylic acids is 1. The number of hydrogen-bond donors (Lipinski definition) is 1. The summed E-state index contributed by atoms with van der Waals surface area (Å²) in [6, 6.07) is 0. The average Bonchev–Trinajstić information content (AvgIpc) is 2.68. The zero-order valence-corrected chi connectivity index (χ0v) is 20.2. The second kappa shape index (κ2) is 23.6. The van der Waals surface area contributed by atoms with Crippen LogP contribution in [0.15, 0.2) is 0 Å². The first-order chi connectivity index (χ1) is 14.1. The Morgan fingerprint density at radius 3 is 0.828 bits per heavy atom. The molecular formula is C27H53NO. The van der Waals surface area contributed by atoms with Crippen LogP contribution in [0.4, 0.5) is 0 Å². The van der Waals surface area contributed by atoms with Gasteiger partial charge < -0.3 is 10.2 Å². The maximum absolute atomic E-state index is 10.9. The highest BCUT2D eigenvalue weighted by atomic mass is 16.1. The average molecular weight is 408 g/mol. The molecule has 2 nitrogen and oxygen atoms in total. The van der Waals surface area contributed by atoms with Crippen LogP contribution in [0.2, 0.25) is 0 Å². The lowest BCUT2D eigenvalue weighted by Crippen LogP contribution is -1.89. The summed E-state index contributed by atoms with van der Waals surface area (Å²) in [7, 11) is 0. The molecule has 0 saturated carbocycles. The van der Waals surface area contributed by atoms with Crippen molar-refractivity contribution in [1.29, 1.82) is 5.41 Å². The lowest BCUT2D eigenvalue weighted by Gasteiger charge is -2.04. The third-order valence-electron chi connectivity index (χ3n) is 6.08. The number of ketones is 1. The molecule has 0 aromatic heterocycles. The van der Waals surface area contributed by atoms with E-state index in [1.165, 1.54) is 128 Å². The van der Waals surface area contributed by atoms with E-state index < -0.39 is 0 Å². The third kappa shape index (κ3) is 27.3. The summed E-state index contributed by atoms with van der Waals surface area (Å²) in [5, 5.41) is 7.42. The second-order valence-electron chi connectivity index (χ2n) is 9.41. The molecule has 0 spiro atoms. The largest absolute Gasteiger partial charge is 0.310 e. The molecule has 0 unspecified atom stereocenters. The number of hydrogen-bond acceptors (Lipinski definition) is 2. The lowest BCUT2D eigenvalue weighted by atomic mass is 10.0. The van der Waals surface area contributed by atoms with Gasteiger partial charge in [-0.05, 0) is 33.1 Å². The van der Waals surface area contributed by atoms with Gasteiger partial charge >= 0.3 is 0 Å². The van der Waals surface area contributed by atoms with Gasteiger partial charge in [-0.2, -0.15) is 0 Å². The Labute approximate surface area is 183 Å². The quantitative estimate of drug-likeness (QED) is 0.125. The van der Waals surface area contributed by atoms with E-state index in [2.05, 4.69) is 0 Å². The molecule has 0 bridgehead atoms. The SMILES string of the molecule is CC(=N)CCCCCCCCCCCCCCCCCCCCCCCC(C)=O. The molecule has 0 amide bonds. The van der Waals surface area contributed by atoms with E-state index in [1.54, 1.807) is 6.92 Å². The van der Waals surface area contributed by atoms with Gasteiger partial charge in [0.25, 0.3) is 0 Å². The van der Waals surface area contributed by atoms with Gasteiger partial charge in [-0.3, -0.25) is 0 Å². The van der Waals surface area contributed by atoms with Crippen molar-refractivity contribution in [2.75, 3.05) is 0 Å². The van der Waals surface area contributed by atoms with Gasteiger partial charge in [-0.15, -0.1) is 0 Å². The topological polar surface area (TPSA) is 40.9 Å². The van der Waals surface area contributed by atoms with E-state index in [1.807, 2.05) is 6.92 Å². The van der Waals surface area contributed by atoms with Gasteiger partial charge in [0.15, 0.2) is 0 Å². The Morgan fingerprint density at radius 2 is 0.621 bits per heavy atom. The predicted molar refractivity (Wildman–Crippen MR) is 130 cm³/mol. The number of unbranched alkanes of at least 4 members (excludes halogenated alkanes) is 20. The van der Waals surface area contributed by atoms with Crippen molar-refractivity contribution in [2.24, 2.45) is 0 Å². The van der Waals surface area contributed by atoms with E-state index >= 15 is 0 Å². The van der Waals surface area contributed by atoms with Crippen LogP contribution in [-0.2, 0) is 4.79 Å². The van der Waals surface area contributed by atoms with E-state index in [0.717, 1.165) is 25.0 Å². The highest BCUT2D eigenvalue weighted by molar-refractivity contribution is 5.78. The van der Waals surface area contributed by atoms with Crippen LogP contribution < -0.4 is 0 Å². The number of carbonyl (C=O) groups is 1. The van der Waals surface area contributed by atoms with Crippen molar-refractivity contribution in [3.05, 3.63) is 0 Å². The third-order valence-corrected chi connectivity index (χ3v) is 6.08. The maximum atomic E-state index is 10.9. The van der Waals surface area contributed by atoms with Gasteiger partial charge in [0.1, 0.15) is 5.78 Å². The summed E-state index contributed by atoms with van der Waals surface area (Å²) in [5.41, 5.74) is 0.842. The van der Waals surface area contributed by atoms with Crippen LogP contribution in [0.25, 0.3) is 0 Å². The molecule has 0 saturated heterocycles. The molecule has 0 heterocycles. The molecule has 0 atom stereocenters. The summed E-state index contributed by atoms with van der Waals surface area (Å²) in [6.07, 6.45) is 30.7. The van der Waals surface area contributed by atoms with Crippen LogP contribution in [0.1, 0.15) is 162 Å². The summed E-state index contributed by atoms with van der Waals surface area (Å²) in [4.78, 5) is 10.9. The van der Waals surface area contributed by atoms with Crippen LogP contribution in [0.5, 0.6) is 0 Å². The van der Waals surface area contributed by atoms with E-state index in [0.29, 0.717) is 5.78 Å². The number of Topliss-reactive ketones (excluding diaryl/α,β-unsaturated/α-hetero) is 1. The summed E-state index contributed by atoms with van der Waals surface area (Å²) in [5.74, 6) is 0.345. The Morgan fingerprint density at radius 1 is 0.414 bits per heavy atom. The molecule has 0 rings (SSSR count). The molecule has 0 aliphatic rings. The van der Waals surface area contributed by atoms with Crippen molar-refractivity contribution >= 4 is 11.5 Å². The fourth-order valence-corrected chi connectivity index (χ4v) is 4.12. The normalized spacial score (nSPS) is 11.1. The summed E-state index contributed by atoms with van der Waals surface area (Å²) in [6.45, 7) is 3.62. The van der Waals surface area contributed by atoms with Gasteiger partial charge in [-0.25, -0.2) is 0 Å². The molecule has 0 aliphatic heterocycles. The van der Waals surface area contributed by atoms with Gasteiger partial charge in [0, 0.05) is 12.1 Å². The van der Waals surface area contributed by atoms with Crippen LogP contribution in [0, 0.1) is 5.41 Å². The van der Waals surface area contributed by atoms with E-state index in [9.17, 15) is 4.79 Å². The van der Waals surface area contributed by atoms with Crippen molar-refractivity contribution in [1.82, 2.24) is 0 Å². The molecule has 0 aliphatic carbocycles. The van der Waals surface area contributed by atoms with Crippen molar-refractivity contribution in [3.63, 3.8) is 0 Å². The molecule has 0 aromatic rings. The monoisotopic (exact) mass is 407 g/mol. The number of rotatable bonds is 24. The fraction of sp³-hybridized carbons (Fsp3) is 0.926. The Bertz CT molecular complexity index is 330. The second-order valence-corrected chi connectivity index (χ2v) is 9.41. The van der Waals surface area contributed by atoms with Crippen LogP contribution in [0.3, 0.4) is 0 Å². The highest BCUT2D eigenvalue weighted by Crippen LogP contribution is 2.15. The standard InChI is InChI=1S/C27H53NO/c1-26(28)24-22-20-18-16-14-12-10-8-6-4-3-5-7-9-11-13-15-17-19-21-23-25-27(2)29/h28H,3-25H2,1-2H3. The Kier molecular flexibility index (Phi) is 23.1. The minimum Gasteiger partial charge on any atom is -0.310 e. The molecule has 0 aromatic carbocycles. The Balaban J connectivity index is 3.01. The molecule has 29 heavy (non-hydrogen) atoms. The molecule has 0 fully saturated rings. The smallest absolute Gasteiger partial charge is 0.129 e. The zero-order valence-electron chi connectivity index (χ0n) is 20.2. The summed E-state index contributed by atoms with van der Waals surface area (Å²) < 4.78 is 0. The van der Waals surface area contributed by atoms with Crippen LogP contribution >= 0.6 is 0 Å². The van der Waals surface area contributed by atoms with E-state index in [4.69, 9.17) is 5.41 Å². The first-order valence-electron chi connectivity index (χ1n) is 13.2. The van der Waals surface area contributed by atoms with Crippen molar-refractivity contribution in [2.45, 2.75) is 162 Å². The molecule has 2 heteroatoms. The maximum Gasteiger partial charge on any atom is 0.129 e. The molecule has 0 radical (unpaired) electrons. The molecule has 172 valence electrons. The highest BCUT2D eigenvalue weighted by Gasteiger charge is 1.97. The van der Waals surface area contributed by atoms with Crippen molar-refractivity contribution in [3.8, 4) is 0 Å². The number of nitrogens with one attached hydrogen (secondary N) is 1. The fourth-order valence-electron chi connectivity index (χ4n) is 4.12. The minimum absolute atomic E-state index is 0.345. The van der Waals surface area contributed by atoms with Crippen LogP contribution in [-0.4, -0.2) is 11.5 Å². The first kappa shape index (κ1) is 28.3. The first-order valence-corrected chi connectivity index (χ1v) is 13.2. The van der Waals surface area contributed by atoms with Gasteiger partial charge in [0.05, 0.1) is 0 Å². The predicted octanol–water partition coefficient (Wildman–Crippen LogP) is 9.59. The zero-order chi connectivity index (χ0) is 21.4. The van der Waals surface area contributed by atoms with Gasteiger partial charge in [0.2, 0.25) is 0 Å². The Hall–Kier alpha value is -0.660. The van der Waals surface area contributed by atoms with E-state index in [-0.39, 0.29) is 0 Å². The minimum atomic E-state index is 0.345.